The molecular formula is C19H26N6O2S. The summed E-state index contributed by atoms with van der Waals surface area (Å²) in [5.74, 6) is 1.35. The number of aromatic nitrogens is 5. The molecular weight excluding hydrogens is 376 g/mol. The molecule has 3 aromatic rings. The number of hydrogen-bond donors (Lipinski definition) is 1. The molecule has 0 bridgehead atoms. The van der Waals surface area contributed by atoms with E-state index in [-0.39, 0.29) is 24.1 Å². The number of aryl methyl sites for hydroxylation is 2. The topological polar surface area (TPSA) is 86.2 Å². The van der Waals surface area contributed by atoms with E-state index >= 15 is 0 Å². The van der Waals surface area contributed by atoms with Gasteiger partial charge in [0.05, 0.1) is 12.1 Å². The molecule has 0 spiro atoms. The summed E-state index contributed by atoms with van der Waals surface area (Å²) in [6.07, 6.45) is 7.30. The fourth-order valence-electron chi connectivity index (χ4n) is 3.60. The van der Waals surface area contributed by atoms with Crippen LogP contribution < -0.4 is 11.0 Å². The van der Waals surface area contributed by atoms with Crippen LogP contribution in [-0.4, -0.2) is 35.7 Å². The zero-order chi connectivity index (χ0) is 19.7. The first kappa shape index (κ1) is 18.9. The fraction of sp³-hybridized carbons (Fsp3) is 0.579. The zero-order valence-electron chi connectivity index (χ0n) is 16.3. The van der Waals surface area contributed by atoms with Crippen LogP contribution in [-0.2, 0) is 30.7 Å². The Kier molecular flexibility index (Phi) is 5.34. The van der Waals surface area contributed by atoms with Crippen molar-refractivity contribution in [2.24, 2.45) is 5.92 Å². The third-order valence-corrected chi connectivity index (χ3v) is 5.96. The molecule has 1 amide bonds. The molecule has 28 heavy (non-hydrogen) atoms. The second-order valence-corrected chi connectivity index (χ2v) is 8.72. The molecule has 0 aromatic carbocycles. The lowest BCUT2D eigenvalue weighted by molar-refractivity contribution is -0.121. The van der Waals surface area contributed by atoms with Crippen molar-refractivity contribution < 1.29 is 4.79 Å². The second-order valence-electron chi connectivity index (χ2n) is 7.85. The summed E-state index contributed by atoms with van der Waals surface area (Å²) in [7, 11) is 0. The van der Waals surface area contributed by atoms with Crippen LogP contribution in [0.4, 0.5) is 0 Å². The molecule has 8 nitrogen and oxygen atoms in total. The minimum atomic E-state index is -0.0271. The number of nitrogens with zero attached hydrogens (tertiary/aromatic N) is 5. The Morgan fingerprint density at radius 2 is 2.25 bits per heavy atom. The summed E-state index contributed by atoms with van der Waals surface area (Å²) in [4.78, 5) is 30.4. The lowest BCUT2D eigenvalue weighted by Gasteiger charge is -2.15. The Morgan fingerprint density at radius 1 is 1.39 bits per heavy atom. The average Bonchev–Trinajstić information content (AvgIpc) is 3.25. The number of hydrogen-bond acceptors (Lipinski definition) is 5. The molecule has 1 aliphatic heterocycles. The number of fused-ring (bicyclic) bond motifs is 2. The van der Waals surface area contributed by atoms with Gasteiger partial charge >= 0.3 is 5.69 Å². The van der Waals surface area contributed by atoms with Crippen molar-refractivity contribution in [1.29, 1.82) is 0 Å². The largest absolute Gasteiger partial charge is 0.353 e. The van der Waals surface area contributed by atoms with Gasteiger partial charge in [-0.15, -0.1) is 11.3 Å². The van der Waals surface area contributed by atoms with Crippen molar-refractivity contribution in [2.75, 3.05) is 0 Å². The summed E-state index contributed by atoms with van der Waals surface area (Å²) < 4.78 is 5.30. The highest BCUT2D eigenvalue weighted by atomic mass is 32.1. The molecule has 150 valence electrons. The molecule has 4 rings (SSSR count). The predicted molar refractivity (Wildman–Crippen MR) is 108 cm³/mol. The minimum Gasteiger partial charge on any atom is -0.353 e. The first-order valence-electron chi connectivity index (χ1n) is 9.86. The van der Waals surface area contributed by atoms with E-state index in [9.17, 15) is 9.59 Å². The SMILES string of the molecule is CC(C)CCn1nc2n(c1=O)CCC(NC(=O)Cc1cn3ccsc3n1)CC2. The average molecular weight is 403 g/mol. The molecule has 0 fully saturated rings. The Hall–Kier alpha value is -2.42. The summed E-state index contributed by atoms with van der Waals surface area (Å²) >= 11 is 1.55. The Bertz CT molecular complexity index is 998. The number of imidazole rings is 1. The van der Waals surface area contributed by atoms with Gasteiger partial charge in [0, 0.05) is 43.3 Å². The van der Waals surface area contributed by atoms with Gasteiger partial charge in [-0.2, -0.15) is 5.10 Å². The summed E-state index contributed by atoms with van der Waals surface area (Å²) in [5.41, 5.74) is 0.750. The van der Waals surface area contributed by atoms with Crippen LogP contribution in [0.15, 0.2) is 22.6 Å². The molecule has 0 aliphatic carbocycles. The van der Waals surface area contributed by atoms with E-state index in [4.69, 9.17) is 0 Å². The number of carbonyl (C=O) groups excluding carboxylic acids is 1. The molecule has 4 heterocycles. The third-order valence-electron chi connectivity index (χ3n) is 5.19. The lowest BCUT2D eigenvalue weighted by Crippen LogP contribution is -2.36. The van der Waals surface area contributed by atoms with Gasteiger partial charge in [-0.1, -0.05) is 13.8 Å². The van der Waals surface area contributed by atoms with Crippen molar-refractivity contribution in [3.63, 3.8) is 0 Å². The van der Waals surface area contributed by atoms with Crippen LogP contribution in [0.1, 0.15) is 44.6 Å². The highest BCUT2D eigenvalue weighted by Crippen LogP contribution is 2.14. The Morgan fingerprint density at radius 3 is 3.04 bits per heavy atom. The number of carbonyl (C=O) groups is 1. The number of amides is 1. The maximum Gasteiger partial charge on any atom is 0.345 e. The second kappa shape index (κ2) is 7.90. The van der Waals surface area contributed by atoms with Crippen molar-refractivity contribution in [3.05, 3.63) is 39.8 Å². The van der Waals surface area contributed by atoms with E-state index in [0.717, 1.165) is 35.7 Å². The molecule has 0 saturated heterocycles. The van der Waals surface area contributed by atoms with Gasteiger partial charge in [-0.25, -0.2) is 14.5 Å². The number of thiazole rings is 1. The van der Waals surface area contributed by atoms with Gasteiger partial charge in [-0.05, 0) is 25.2 Å². The van der Waals surface area contributed by atoms with Crippen LogP contribution in [0.3, 0.4) is 0 Å². The predicted octanol–water partition coefficient (Wildman–Crippen LogP) is 1.86. The Balaban J connectivity index is 1.34. The number of rotatable bonds is 6. The summed E-state index contributed by atoms with van der Waals surface area (Å²) in [6.45, 7) is 5.55. The lowest BCUT2D eigenvalue weighted by atomic mass is 10.1. The van der Waals surface area contributed by atoms with Crippen LogP contribution in [0.25, 0.3) is 4.96 Å². The van der Waals surface area contributed by atoms with Crippen molar-refractivity contribution in [3.8, 4) is 0 Å². The summed E-state index contributed by atoms with van der Waals surface area (Å²) in [6, 6.07) is 0.0569. The van der Waals surface area contributed by atoms with Crippen LogP contribution in [0.2, 0.25) is 0 Å². The summed E-state index contributed by atoms with van der Waals surface area (Å²) in [5, 5.41) is 9.60. The monoisotopic (exact) mass is 402 g/mol. The van der Waals surface area contributed by atoms with Crippen LogP contribution >= 0.6 is 11.3 Å². The molecule has 1 atom stereocenters. The van der Waals surface area contributed by atoms with Crippen molar-refractivity contribution in [2.45, 2.75) is 65.1 Å². The van der Waals surface area contributed by atoms with Gasteiger partial charge in [0.2, 0.25) is 5.91 Å². The van der Waals surface area contributed by atoms with Gasteiger partial charge in [0.1, 0.15) is 5.82 Å². The van der Waals surface area contributed by atoms with Gasteiger partial charge in [-0.3, -0.25) is 13.8 Å². The molecule has 1 unspecified atom stereocenters. The van der Waals surface area contributed by atoms with E-state index in [1.54, 1.807) is 20.6 Å². The Labute approximate surface area is 167 Å². The van der Waals surface area contributed by atoms with Crippen molar-refractivity contribution in [1.82, 2.24) is 29.0 Å². The fourth-order valence-corrected chi connectivity index (χ4v) is 4.32. The third kappa shape index (κ3) is 4.04. The highest BCUT2D eigenvalue weighted by Gasteiger charge is 2.22. The first-order chi connectivity index (χ1) is 13.5. The number of nitrogens with one attached hydrogen (secondary N) is 1. The maximum atomic E-state index is 12.6. The molecule has 1 N–H and O–H groups in total. The standard InChI is InChI=1S/C19H26N6O2S/c1-13(2)5-8-25-19(27)24-7-6-14(3-4-16(24)22-25)20-17(26)11-15-12-23-9-10-28-18(23)21-15/h9-10,12-14H,3-8,11H2,1-2H3,(H,20,26). The normalized spacial score (nSPS) is 17.0. The molecule has 0 radical (unpaired) electrons. The molecule has 0 saturated carbocycles. The van der Waals surface area contributed by atoms with E-state index in [1.165, 1.54) is 0 Å². The van der Waals surface area contributed by atoms with Crippen LogP contribution in [0.5, 0.6) is 0 Å². The van der Waals surface area contributed by atoms with E-state index in [2.05, 4.69) is 29.2 Å². The van der Waals surface area contributed by atoms with Gasteiger partial charge in [0.25, 0.3) is 0 Å². The van der Waals surface area contributed by atoms with Crippen LogP contribution in [0, 0.1) is 5.92 Å². The zero-order valence-corrected chi connectivity index (χ0v) is 17.1. The molecule has 3 aromatic heterocycles. The van der Waals surface area contributed by atoms with Gasteiger partial charge < -0.3 is 5.32 Å². The van der Waals surface area contributed by atoms with E-state index in [0.29, 0.717) is 25.4 Å². The quantitative estimate of drug-likeness (QED) is 0.682. The van der Waals surface area contributed by atoms with E-state index < -0.39 is 0 Å². The van der Waals surface area contributed by atoms with Gasteiger partial charge in [0.15, 0.2) is 4.96 Å². The smallest absolute Gasteiger partial charge is 0.345 e. The first-order valence-corrected chi connectivity index (χ1v) is 10.7. The van der Waals surface area contributed by atoms with Crippen molar-refractivity contribution >= 4 is 22.2 Å². The highest BCUT2D eigenvalue weighted by molar-refractivity contribution is 7.15. The molecule has 9 heteroatoms. The maximum absolute atomic E-state index is 12.6. The van der Waals surface area contributed by atoms with E-state index in [1.807, 2.05) is 22.2 Å². The molecule has 1 aliphatic rings. The minimum absolute atomic E-state index is 0.0235.